The molecule has 0 bridgehead atoms. The van der Waals surface area contributed by atoms with Gasteiger partial charge in [0.2, 0.25) is 0 Å². The van der Waals surface area contributed by atoms with E-state index in [0.29, 0.717) is 0 Å². The van der Waals surface area contributed by atoms with E-state index in [1.54, 1.807) is 0 Å². The standard InChI is InChI=1S/C5H6F3NO2/c6-5(7,8)2-1-4(2,9)3(10)11/h2H,1,9H2,(H,10,11)/t2?,4-/m1/s1. The minimum absolute atomic E-state index is 0.508. The van der Waals surface area contributed by atoms with Crippen molar-refractivity contribution < 1.29 is 23.1 Å². The highest BCUT2D eigenvalue weighted by Crippen LogP contribution is 2.51. The van der Waals surface area contributed by atoms with E-state index in [2.05, 4.69) is 0 Å². The lowest BCUT2D eigenvalue weighted by Gasteiger charge is -2.07. The van der Waals surface area contributed by atoms with Crippen LogP contribution < -0.4 is 5.73 Å². The molecule has 1 saturated carbocycles. The Morgan fingerprint density at radius 1 is 1.64 bits per heavy atom. The molecule has 0 aromatic carbocycles. The van der Waals surface area contributed by atoms with Gasteiger partial charge in [-0.3, -0.25) is 4.79 Å². The zero-order valence-electron chi connectivity index (χ0n) is 5.35. The average molecular weight is 169 g/mol. The second kappa shape index (κ2) is 1.88. The SMILES string of the molecule is N[C@]1(C(=O)O)CC1C(F)(F)F. The van der Waals surface area contributed by atoms with Crippen LogP contribution in [0.5, 0.6) is 0 Å². The van der Waals surface area contributed by atoms with Gasteiger partial charge in [0, 0.05) is 0 Å². The number of carboxylic acids is 1. The van der Waals surface area contributed by atoms with Crippen molar-refractivity contribution in [1.82, 2.24) is 0 Å². The number of carbonyl (C=O) groups is 1. The zero-order chi connectivity index (χ0) is 8.86. The molecule has 0 amide bonds. The third-order valence-corrected chi connectivity index (χ3v) is 1.80. The number of rotatable bonds is 1. The fourth-order valence-corrected chi connectivity index (χ4v) is 0.923. The first kappa shape index (κ1) is 8.32. The third-order valence-electron chi connectivity index (χ3n) is 1.80. The highest BCUT2D eigenvalue weighted by molar-refractivity contribution is 5.83. The summed E-state index contributed by atoms with van der Waals surface area (Å²) < 4.78 is 35.3. The first-order chi connectivity index (χ1) is 4.78. The van der Waals surface area contributed by atoms with E-state index in [1.165, 1.54) is 0 Å². The van der Waals surface area contributed by atoms with Gasteiger partial charge in [-0.15, -0.1) is 0 Å². The lowest BCUT2D eigenvalue weighted by molar-refractivity contribution is -0.161. The number of hydrogen-bond donors (Lipinski definition) is 2. The predicted molar refractivity (Wildman–Crippen MR) is 28.7 cm³/mol. The summed E-state index contributed by atoms with van der Waals surface area (Å²) in [6, 6.07) is 0. The van der Waals surface area contributed by atoms with Gasteiger partial charge in [0.15, 0.2) is 0 Å². The molecule has 0 saturated heterocycles. The van der Waals surface area contributed by atoms with Gasteiger partial charge in [-0.2, -0.15) is 13.2 Å². The molecule has 0 heterocycles. The summed E-state index contributed by atoms with van der Waals surface area (Å²) in [5, 5.41) is 8.22. The van der Waals surface area contributed by atoms with Crippen molar-refractivity contribution in [3.63, 3.8) is 0 Å². The van der Waals surface area contributed by atoms with Crippen LogP contribution in [0.4, 0.5) is 13.2 Å². The Kier molecular flexibility index (Phi) is 1.42. The van der Waals surface area contributed by atoms with Gasteiger partial charge in [0.05, 0.1) is 5.92 Å². The minimum Gasteiger partial charge on any atom is -0.480 e. The van der Waals surface area contributed by atoms with Crippen LogP contribution in [0, 0.1) is 5.92 Å². The second-order valence-electron chi connectivity index (χ2n) is 2.64. The summed E-state index contributed by atoms with van der Waals surface area (Å²) in [5.41, 5.74) is 2.84. The summed E-state index contributed by atoms with van der Waals surface area (Å²) in [6.07, 6.45) is -4.99. The van der Waals surface area contributed by atoms with E-state index in [4.69, 9.17) is 10.8 Å². The van der Waals surface area contributed by atoms with E-state index in [1.807, 2.05) is 0 Å². The first-order valence-electron chi connectivity index (χ1n) is 2.87. The van der Waals surface area contributed by atoms with E-state index in [0.717, 1.165) is 0 Å². The van der Waals surface area contributed by atoms with Crippen molar-refractivity contribution in [2.45, 2.75) is 18.1 Å². The molecule has 1 aliphatic rings. The van der Waals surface area contributed by atoms with Crippen LogP contribution in [-0.4, -0.2) is 22.8 Å². The number of alkyl halides is 3. The lowest BCUT2D eigenvalue weighted by Crippen LogP contribution is -2.38. The maximum atomic E-state index is 11.8. The van der Waals surface area contributed by atoms with Crippen molar-refractivity contribution in [2.75, 3.05) is 0 Å². The molecule has 0 aliphatic heterocycles. The quantitative estimate of drug-likeness (QED) is 0.595. The summed E-state index contributed by atoms with van der Waals surface area (Å²) in [4.78, 5) is 10.1. The largest absolute Gasteiger partial charge is 0.480 e. The fraction of sp³-hybridized carbons (Fsp3) is 0.800. The molecule has 0 spiro atoms. The molecule has 1 fully saturated rings. The Bertz CT molecular complexity index is 202. The number of hydrogen-bond acceptors (Lipinski definition) is 2. The van der Waals surface area contributed by atoms with Gasteiger partial charge in [-0.05, 0) is 6.42 Å². The van der Waals surface area contributed by atoms with Gasteiger partial charge in [-0.25, -0.2) is 0 Å². The Balaban J connectivity index is 2.68. The molecule has 1 rings (SSSR count). The average Bonchev–Trinajstić information content (AvgIpc) is 2.41. The Labute approximate surface area is 60.0 Å². The summed E-state index contributed by atoms with van der Waals surface area (Å²) in [5.74, 6) is -3.45. The smallest absolute Gasteiger partial charge is 0.394 e. The van der Waals surface area contributed by atoms with E-state index in [9.17, 15) is 18.0 Å². The second-order valence-corrected chi connectivity index (χ2v) is 2.64. The molecule has 3 nitrogen and oxygen atoms in total. The van der Waals surface area contributed by atoms with Gasteiger partial charge in [-0.1, -0.05) is 0 Å². The molecule has 2 atom stereocenters. The monoisotopic (exact) mass is 169 g/mol. The van der Waals surface area contributed by atoms with Crippen molar-refractivity contribution in [1.29, 1.82) is 0 Å². The fourth-order valence-electron chi connectivity index (χ4n) is 0.923. The van der Waals surface area contributed by atoms with E-state index >= 15 is 0 Å². The Morgan fingerprint density at radius 3 is 2.18 bits per heavy atom. The highest BCUT2D eigenvalue weighted by Gasteiger charge is 2.69. The third kappa shape index (κ3) is 1.18. The van der Waals surface area contributed by atoms with E-state index in [-0.39, 0.29) is 0 Å². The van der Waals surface area contributed by atoms with Crippen molar-refractivity contribution >= 4 is 5.97 Å². The maximum absolute atomic E-state index is 11.8. The molecule has 0 aromatic rings. The van der Waals surface area contributed by atoms with Crippen LogP contribution in [0.25, 0.3) is 0 Å². The molecule has 3 N–H and O–H groups in total. The molecular weight excluding hydrogens is 163 g/mol. The lowest BCUT2D eigenvalue weighted by atomic mass is 10.2. The number of aliphatic carboxylic acids is 1. The normalized spacial score (nSPS) is 36.9. The topological polar surface area (TPSA) is 63.3 Å². The molecular formula is C5H6F3NO2. The maximum Gasteiger partial charge on any atom is 0.394 e. The zero-order valence-corrected chi connectivity index (χ0v) is 5.35. The Morgan fingerprint density at radius 2 is 2.09 bits per heavy atom. The predicted octanol–water partition coefficient (Wildman–Crippen LogP) is 0.351. The summed E-state index contributed by atoms with van der Waals surface area (Å²) in [6.45, 7) is 0. The molecule has 0 radical (unpaired) electrons. The molecule has 0 aromatic heterocycles. The summed E-state index contributed by atoms with van der Waals surface area (Å²) in [7, 11) is 0. The first-order valence-corrected chi connectivity index (χ1v) is 2.87. The number of carboxylic acid groups (broad SMARTS) is 1. The summed E-state index contributed by atoms with van der Waals surface area (Å²) >= 11 is 0. The molecule has 11 heavy (non-hydrogen) atoms. The highest BCUT2D eigenvalue weighted by atomic mass is 19.4. The van der Waals surface area contributed by atoms with Gasteiger partial charge < -0.3 is 10.8 Å². The molecule has 64 valence electrons. The Hall–Kier alpha value is -0.780. The van der Waals surface area contributed by atoms with Gasteiger partial charge >= 0.3 is 12.1 Å². The van der Waals surface area contributed by atoms with Crippen LogP contribution >= 0.6 is 0 Å². The van der Waals surface area contributed by atoms with Crippen LogP contribution in [0.1, 0.15) is 6.42 Å². The number of halogens is 3. The van der Waals surface area contributed by atoms with Crippen molar-refractivity contribution in [2.24, 2.45) is 11.7 Å². The number of nitrogens with two attached hydrogens (primary N) is 1. The minimum atomic E-state index is -4.48. The van der Waals surface area contributed by atoms with Crippen LogP contribution in [0.2, 0.25) is 0 Å². The molecule has 6 heteroatoms. The molecule has 1 aliphatic carbocycles. The van der Waals surface area contributed by atoms with Crippen molar-refractivity contribution in [3.05, 3.63) is 0 Å². The van der Waals surface area contributed by atoms with Crippen LogP contribution in [-0.2, 0) is 4.79 Å². The van der Waals surface area contributed by atoms with Gasteiger partial charge in [0.1, 0.15) is 5.54 Å². The van der Waals surface area contributed by atoms with Crippen molar-refractivity contribution in [3.8, 4) is 0 Å². The van der Waals surface area contributed by atoms with E-state index < -0.39 is 30.0 Å². The van der Waals surface area contributed by atoms with Crippen LogP contribution in [0.3, 0.4) is 0 Å². The molecule has 1 unspecified atom stereocenters. The van der Waals surface area contributed by atoms with Gasteiger partial charge in [0.25, 0.3) is 0 Å². The van der Waals surface area contributed by atoms with Crippen LogP contribution in [0.15, 0.2) is 0 Å².